The van der Waals surface area contributed by atoms with E-state index < -0.39 is 0 Å². The summed E-state index contributed by atoms with van der Waals surface area (Å²) in [5, 5.41) is 0. The van der Waals surface area contributed by atoms with Gasteiger partial charge in [0.15, 0.2) is 0 Å². The number of carbonyl (C=O) groups is 2. The number of amides is 1. The van der Waals surface area contributed by atoms with Crippen molar-refractivity contribution in [2.24, 2.45) is 0 Å². The van der Waals surface area contributed by atoms with E-state index in [1.54, 1.807) is 18.3 Å². The molecule has 1 heterocycles. The summed E-state index contributed by atoms with van der Waals surface area (Å²) in [6.45, 7) is 9.15. The molecule has 0 fully saturated rings. The van der Waals surface area contributed by atoms with E-state index in [1.807, 2.05) is 67.3 Å². The molecule has 0 aliphatic rings. The number of hydrogen-bond acceptors (Lipinski definition) is 4. The predicted molar refractivity (Wildman–Crippen MR) is 145 cm³/mol. The third-order valence-corrected chi connectivity index (χ3v) is 6.05. The van der Waals surface area contributed by atoms with E-state index >= 15 is 0 Å². The molecule has 0 bridgehead atoms. The van der Waals surface area contributed by atoms with Crippen LogP contribution < -0.4 is 0 Å². The fraction of sp³-hybridized carbons (Fsp3) is 0.219. The van der Waals surface area contributed by atoms with Gasteiger partial charge in [-0.2, -0.15) is 0 Å². The summed E-state index contributed by atoms with van der Waals surface area (Å²) in [5.41, 5.74) is 8.32. The Balaban J connectivity index is 1.46. The molecule has 0 atom stereocenters. The standard InChI is InChI=1S/C32H32N2O3/c1-22-13-23(2)16-28(15-22)20-34(31(35)30-7-5-6-12-33-30)19-26-8-10-27(11-9-26)21-37-32(36)29-17-24(3)14-25(4)18-29/h5-18H,19-21H2,1-4H3. The average Bonchev–Trinajstić information content (AvgIpc) is 2.86. The van der Waals surface area contributed by atoms with Gasteiger partial charge in [-0.1, -0.05) is 76.9 Å². The van der Waals surface area contributed by atoms with Gasteiger partial charge in [0.2, 0.25) is 0 Å². The van der Waals surface area contributed by atoms with Crippen LogP contribution in [0.2, 0.25) is 0 Å². The van der Waals surface area contributed by atoms with E-state index in [4.69, 9.17) is 4.74 Å². The van der Waals surface area contributed by atoms with Crippen molar-refractivity contribution in [1.82, 2.24) is 9.88 Å². The third-order valence-electron chi connectivity index (χ3n) is 6.05. The van der Waals surface area contributed by atoms with Gasteiger partial charge in [-0.3, -0.25) is 9.78 Å². The lowest BCUT2D eigenvalue weighted by Gasteiger charge is -2.23. The topological polar surface area (TPSA) is 59.5 Å². The summed E-state index contributed by atoms with van der Waals surface area (Å²) in [6, 6.07) is 25.2. The summed E-state index contributed by atoms with van der Waals surface area (Å²) in [7, 11) is 0. The maximum Gasteiger partial charge on any atom is 0.338 e. The number of pyridine rings is 1. The van der Waals surface area contributed by atoms with Crippen LogP contribution in [0.4, 0.5) is 0 Å². The summed E-state index contributed by atoms with van der Waals surface area (Å²) in [4.78, 5) is 31.9. The Kier molecular flexibility index (Phi) is 8.14. The molecule has 0 saturated carbocycles. The van der Waals surface area contributed by atoms with Crippen molar-refractivity contribution < 1.29 is 14.3 Å². The second kappa shape index (κ2) is 11.7. The summed E-state index contributed by atoms with van der Waals surface area (Å²) < 4.78 is 5.53. The Morgan fingerprint density at radius 2 is 1.27 bits per heavy atom. The fourth-order valence-electron chi connectivity index (χ4n) is 4.52. The van der Waals surface area contributed by atoms with Gasteiger partial charge in [0, 0.05) is 19.3 Å². The molecule has 3 aromatic carbocycles. The first-order chi connectivity index (χ1) is 17.8. The molecule has 0 saturated heterocycles. The van der Waals surface area contributed by atoms with Crippen molar-refractivity contribution in [3.05, 3.63) is 135 Å². The SMILES string of the molecule is Cc1cc(C)cc(CN(Cc2ccc(COC(=O)c3cc(C)cc(C)c3)cc2)C(=O)c2ccccn2)c1. The number of hydrogen-bond donors (Lipinski definition) is 0. The zero-order valence-electron chi connectivity index (χ0n) is 21.8. The number of nitrogens with zero attached hydrogens (tertiary/aromatic N) is 2. The van der Waals surface area contributed by atoms with Crippen LogP contribution in [0.1, 0.15) is 59.8 Å². The van der Waals surface area contributed by atoms with Crippen LogP contribution in [0.3, 0.4) is 0 Å². The molecule has 5 heteroatoms. The second-order valence-corrected chi connectivity index (χ2v) is 9.64. The Bertz CT molecular complexity index is 1360. The molecule has 0 unspecified atom stereocenters. The number of benzene rings is 3. The van der Waals surface area contributed by atoms with Crippen LogP contribution in [0.25, 0.3) is 0 Å². The molecular weight excluding hydrogens is 460 g/mol. The van der Waals surface area contributed by atoms with Gasteiger partial charge >= 0.3 is 5.97 Å². The molecule has 1 amide bonds. The zero-order chi connectivity index (χ0) is 26.4. The van der Waals surface area contributed by atoms with E-state index in [1.165, 1.54) is 11.1 Å². The number of aromatic nitrogens is 1. The number of esters is 1. The molecule has 4 rings (SSSR count). The van der Waals surface area contributed by atoms with Crippen molar-refractivity contribution in [2.75, 3.05) is 0 Å². The van der Waals surface area contributed by atoms with Gasteiger partial charge in [-0.25, -0.2) is 4.79 Å². The highest BCUT2D eigenvalue weighted by Crippen LogP contribution is 2.17. The molecule has 1 aromatic heterocycles. The monoisotopic (exact) mass is 492 g/mol. The molecule has 0 aliphatic carbocycles. The van der Waals surface area contributed by atoms with Crippen LogP contribution in [-0.4, -0.2) is 21.8 Å². The fourth-order valence-corrected chi connectivity index (χ4v) is 4.52. The summed E-state index contributed by atoms with van der Waals surface area (Å²) in [6.07, 6.45) is 1.64. The second-order valence-electron chi connectivity index (χ2n) is 9.64. The Hall–Kier alpha value is -4.25. The van der Waals surface area contributed by atoms with Crippen molar-refractivity contribution >= 4 is 11.9 Å². The molecule has 4 aromatic rings. The summed E-state index contributed by atoms with van der Waals surface area (Å²) in [5.74, 6) is -0.456. The van der Waals surface area contributed by atoms with E-state index in [2.05, 4.69) is 37.0 Å². The number of ether oxygens (including phenoxy) is 1. The van der Waals surface area contributed by atoms with Gasteiger partial charge < -0.3 is 9.64 Å². The lowest BCUT2D eigenvalue weighted by Crippen LogP contribution is -2.30. The van der Waals surface area contributed by atoms with E-state index in [9.17, 15) is 9.59 Å². The first kappa shape index (κ1) is 25.8. The van der Waals surface area contributed by atoms with Crippen molar-refractivity contribution in [3.8, 4) is 0 Å². The van der Waals surface area contributed by atoms with E-state index in [-0.39, 0.29) is 18.5 Å². The number of aryl methyl sites for hydroxylation is 4. The minimum Gasteiger partial charge on any atom is -0.457 e. The Morgan fingerprint density at radius 3 is 1.86 bits per heavy atom. The van der Waals surface area contributed by atoms with Crippen molar-refractivity contribution in [3.63, 3.8) is 0 Å². The molecule has 0 aliphatic heterocycles. The number of rotatable bonds is 8. The molecule has 5 nitrogen and oxygen atoms in total. The minimum atomic E-state index is -0.337. The van der Waals surface area contributed by atoms with Gasteiger partial charge in [0.05, 0.1) is 5.56 Å². The van der Waals surface area contributed by atoms with Gasteiger partial charge in [0.1, 0.15) is 12.3 Å². The highest BCUT2D eigenvalue weighted by molar-refractivity contribution is 5.92. The maximum absolute atomic E-state index is 13.4. The zero-order valence-corrected chi connectivity index (χ0v) is 21.8. The molecule has 0 N–H and O–H groups in total. The van der Waals surface area contributed by atoms with Crippen molar-refractivity contribution in [1.29, 1.82) is 0 Å². The molecular formula is C32H32N2O3. The quantitative estimate of drug-likeness (QED) is 0.263. The first-order valence-corrected chi connectivity index (χ1v) is 12.4. The molecule has 188 valence electrons. The van der Waals surface area contributed by atoms with Crippen LogP contribution in [0, 0.1) is 27.7 Å². The normalized spacial score (nSPS) is 10.7. The first-order valence-electron chi connectivity index (χ1n) is 12.4. The van der Waals surface area contributed by atoms with Crippen LogP contribution in [0.15, 0.2) is 85.1 Å². The molecule has 0 spiro atoms. The van der Waals surface area contributed by atoms with Crippen LogP contribution in [0.5, 0.6) is 0 Å². The average molecular weight is 493 g/mol. The van der Waals surface area contributed by atoms with E-state index in [0.29, 0.717) is 24.3 Å². The summed E-state index contributed by atoms with van der Waals surface area (Å²) >= 11 is 0. The molecule has 0 radical (unpaired) electrons. The Labute approximate surface area is 218 Å². The lowest BCUT2D eigenvalue weighted by molar-refractivity contribution is 0.0472. The maximum atomic E-state index is 13.4. The smallest absolute Gasteiger partial charge is 0.338 e. The van der Waals surface area contributed by atoms with E-state index in [0.717, 1.165) is 27.8 Å². The van der Waals surface area contributed by atoms with Gasteiger partial charge in [0.25, 0.3) is 5.91 Å². The predicted octanol–water partition coefficient (Wildman–Crippen LogP) is 6.51. The Morgan fingerprint density at radius 1 is 0.703 bits per heavy atom. The van der Waals surface area contributed by atoms with Crippen LogP contribution >= 0.6 is 0 Å². The highest BCUT2D eigenvalue weighted by Gasteiger charge is 2.18. The minimum absolute atomic E-state index is 0.119. The van der Waals surface area contributed by atoms with Crippen LogP contribution in [-0.2, 0) is 24.4 Å². The van der Waals surface area contributed by atoms with Gasteiger partial charge in [-0.15, -0.1) is 0 Å². The molecule has 37 heavy (non-hydrogen) atoms. The number of carbonyl (C=O) groups excluding carboxylic acids is 2. The highest BCUT2D eigenvalue weighted by atomic mass is 16.5. The lowest BCUT2D eigenvalue weighted by atomic mass is 10.1. The third kappa shape index (κ3) is 7.14. The van der Waals surface area contributed by atoms with Crippen molar-refractivity contribution in [2.45, 2.75) is 47.4 Å². The van der Waals surface area contributed by atoms with Gasteiger partial charge in [-0.05, 0) is 68.7 Å². The largest absolute Gasteiger partial charge is 0.457 e.